The molecule has 2 aromatic carbocycles. The zero-order valence-corrected chi connectivity index (χ0v) is 13.7. The number of carbonyl (C=O) groups is 2. The van der Waals surface area contributed by atoms with Crippen LogP contribution in [0.15, 0.2) is 47.6 Å². The molecule has 2 amide bonds. The summed E-state index contributed by atoms with van der Waals surface area (Å²) in [4.78, 5) is 22.9. The van der Waals surface area contributed by atoms with E-state index in [4.69, 9.17) is 23.2 Å². The number of hydrazone groups is 1. The number of hydrogen-bond donors (Lipinski definition) is 2. The van der Waals surface area contributed by atoms with Crippen molar-refractivity contribution < 1.29 is 9.59 Å². The molecule has 0 aliphatic heterocycles. The van der Waals surface area contributed by atoms with E-state index in [0.29, 0.717) is 15.7 Å². The molecule has 0 aromatic heterocycles. The number of halogens is 2. The molecule has 0 atom stereocenters. The van der Waals surface area contributed by atoms with E-state index in [0.717, 1.165) is 5.56 Å². The molecule has 0 heterocycles. The number of nitrogens with zero attached hydrogens (tertiary/aromatic N) is 1. The summed E-state index contributed by atoms with van der Waals surface area (Å²) in [6.07, 6.45) is 1.48. The van der Waals surface area contributed by atoms with Crippen LogP contribution in [0.1, 0.15) is 22.8 Å². The van der Waals surface area contributed by atoms with Gasteiger partial charge in [-0.15, -0.1) is 0 Å². The van der Waals surface area contributed by atoms with E-state index in [1.165, 1.54) is 19.2 Å². The summed E-state index contributed by atoms with van der Waals surface area (Å²) < 4.78 is 0. The molecule has 0 spiro atoms. The van der Waals surface area contributed by atoms with Crippen molar-refractivity contribution in [3.05, 3.63) is 63.6 Å². The number of hydrogen-bond acceptors (Lipinski definition) is 3. The Balaban J connectivity index is 1.99. The fourth-order valence-electron chi connectivity index (χ4n) is 1.75. The van der Waals surface area contributed by atoms with Crippen molar-refractivity contribution >= 4 is 46.9 Å². The number of anilines is 1. The molecule has 0 fully saturated rings. The lowest BCUT2D eigenvalue weighted by molar-refractivity contribution is -0.114. The highest BCUT2D eigenvalue weighted by atomic mass is 35.5. The van der Waals surface area contributed by atoms with Crippen LogP contribution in [0, 0.1) is 0 Å². The van der Waals surface area contributed by atoms with Gasteiger partial charge in [-0.1, -0.05) is 35.3 Å². The fourth-order valence-corrected chi connectivity index (χ4v) is 2.13. The lowest BCUT2D eigenvalue weighted by Gasteiger charge is -2.03. The van der Waals surface area contributed by atoms with Crippen LogP contribution in [-0.2, 0) is 4.79 Å². The molecule has 0 saturated carbocycles. The Hall–Kier alpha value is -2.37. The van der Waals surface area contributed by atoms with Gasteiger partial charge >= 0.3 is 0 Å². The molecular weight excluding hydrogens is 337 g/mol. The van der Waals surface area contributed by atoms with Crippen LogP contribution in [0.25, 0.3) is 0 Å². The second kappa shape index (κ2) is 7.76. The lowest BCUT2D eigenvalue weighted by Crippen LogP contribution is -2.18. The highest BCUT2D eigenvalue weighted by Gasteiger charge is 2.09. The Morgan fingerprint density at radius 1 is 1.09 bits per heavy atom. The van der Waals surface area contributed by atoms with Crippen molar-refractivity contribution in [1.82, 2.24) is 5.43 Å². The number of nitrogens with one attached hydrogen (secondary N) is 2. The maximum atomic E-state index is 12.0. The van der Waals surface area contributed by atoms with Crippen molar-refractivity contribution in [1.29, 1.82) is 0 Å². The molecule has 7 heteroatoms. The molecule has 118 valence electrons. The normalized spacial score (nSPS) is 10.6. The van der Waals surface area contributed by atoms with Crippen LogP contribution in [0.3, 0.4) is 0 Å². The van der Waals surface area contributed by atoms with Crippen molar-refractivity contribution in [2.75, 3.05) is 5.32 Å². The van der Waals surface area contributed by atoms with E-state index < -0.39 is 5.91 Å². The van der Waals surface area contributed by atoms with Gasteiger partial charge in [0.1, 0.15) is 0 Å². The van der Waals surface area contributed by atoms with Gasteiger partial charge in [0.15, 0.2) is 0 Å². The second-order valence-corrected chi connectivity index (χ2v) is 5.47. The zero-order chi connectivity index (χ0) is 16.8. The zero-order valence-electron chi connectivity index (χ0n) is 12.1. The van der Waals surface area contributed by atoms with Gasteiger partial charge in [0, 0.05) is 17.6 Å². The maximum Gasteiger partial charge on any atom is 0.272 e. The van der Waals surface area contributed by atoms with Crippen LogP contribution < -0.4 is 10.7 Å². The molecule has 0 radical (unpaired) electrons. The number of amides is 2. The standard InChI is InChI=1S/C16H13Cl2N3O2/c1-10(22)20-13-5-2-11(3-6-13)9-19-21-16(23)14-8-12(17)4-7-15(14)18/h2-9H,1H3,(H,20,22)(H,21,23)/b19-9-. The molecule has 2 aromatic rings. The monoisotopic (exact) mass is 349 g/mol. The predicted octanol–water partition coefficient (Wildman–Crippen LogP) is 3.72. The van der Waals surface area contributed by atoms with Crippen molar-refractivity contribution in [3.63, 3.8) is 0 Å². The fraction of sp³-hybridized carbons (Fsp3) is 0.0625. The van der Waals surface area contributed by atoms with E-state index >= 15 is 0 Å². The van der Waals surface area contributed by atoms with Crippen LogP contribution in [0.5, 0.6) is 0 Å². The van der Waals surface area contributed by atoms with E-state index in [9.17, 15) is 9.59 Å². The molecule has 23 heavy (non-hydrogen) atoms. The number of rotatable bonds is 4. The quantitative estimate of drug-likeness (QED) is 0.652. The van der Waals surface area contributed by atoms with E-state index in [2.05, 4.69) is 15.8 Å². The molecular formula is C16H13Cl2N3O2. The minimum Gasteiger partial charge on any atom is -0.326 e. The average molecular weight is 350 g/mol. The van der Waals surface area contributed by atoms with Crippen LogP contribution >= 0.6 is 23.2 Å². The average Bonchev–Trinajstić information content (AvgIpc) is 2.51. The summed E-state index contributed by atoms with van der Waals surface area (Å²) in [5.74, 6) is -0.597. The Morgan fingerprint density at radius 3 is 2.43 bits per heavy atom. The summed E-state index contributed by atoms with van der Waals surface area (Å²) in [6, 6.07) is 11.6. The first-order chi connectivity index (χ1) is 11.0. The second-order valence-electron chi connectivity index (χ2n) is 4.63. The smallest absolute Gasteiger partial charge is 0.272 e. The first kappa shape index (κ1) is 17.0. The lowest BCUT2D eigenvalue weighted by atomic mass is 10.2. The summed E-state index contributed by atoms with van der Waals surface area (Å²) >= 11 is 11.8. The maximum absolute atomic E-state index is 12.0. The first-order valence-corrected chi connectivity index (χ1v) is 7.37. The third-order valence-electron chi connectivity index (χ3n) is 2.78. The third kappa shape index (κ3) is 5.09. The van der Waals surface area contributed by atoms with Crippen molar-refractivity contribution in [3.8, 4) is 0 Å². The van der Waals surface area contributed by atoms with E-state index in [1.807, 2.05) is 0 Å². The first-order valence-electron chi connectivity index (χ1n) is 6.62. The van der Waals surface area contributed by atoms with Gasteiger partial charge in [-0.3, -0.25) is 9.59 Å². The predicted molar refractivity (Wildman–Crippen MR) is 92.3 cm³/mol. The van der Waals surface area contributed by atoms with Gasteiger partial charge in [0.25, 0.3) is 5.91 Å². The summed E-state index contributed by atoms with van der Waals surface area (Å²) in [6.45, 7) is 1.44. The van der Waals surface area contributed by atoms with Crippen LogP contribution in [0.4, 0.5) is 5.69 Å². The molecule has 0 aliphatic rings. The molecule has 0 saturated heterocycles. The summed E-state index contributed by atoms with van der Waals surface area (Å²) in [7, 11) is 0. The Kier molecular flexibility index (Phi) is 5.73. The number of benzene rings is 2. The largest absolute Gasteiger partial charge is 0.326 e. The Labute approximate surface area is 143 Å². The van der Waals surface area contributed by atoms with Crippen LogP contribution in [0.2, 0.25) is 10.0 Å². The Morgan fingerprint density at radius 2 is 1.78 bits per heavy atom. The van der Waals surface area contributed by atoms with Gasteiger partial charge < -0.3 is 5.32 Å². The van der Waals surface area contributed by atoms with E-state index in [1.54, 1.807) is 36.4 Å². The highest BCUT2D eigenvalue weighted by molar-refractivity contribution is 6.35. The van der Waals surface area contributed by atoms with Crippen molar-refractivity contribution in [2.45, 2.75) is 6.92 Å². The van der Waals surface area contributed by atoms with Gasteiger partial charge in [-0.05, 0) is 35.9 Å². The topological polar surface area (TPSA) is 70.6 Å². The third-order valence-corrected chi connectivity index (χ3v) is 3.35. The van der Waals surface area contributed by atoms with Crippen LogP contribution in [-0.4, -0.2) is 18.0 Å². The highest BCUT2D eigenvalue weighted by Crippen LogP contribution is 2.20. The molecule has 0 unspecified atom stereocenters. The molecule has 2 rings (SSSR count). The molecule has 0 aliphatic carbocycles. The molecule has 5 nitrogen and oxygen atoms in total. The molecule has 2 N–H and O–H groups in total. The Bertz CT molecular complexity index is 758. The number of carbonyl (C=O) groups excluding carboxylic acids is 2. The van der Waals surface area contributed by atoms with Crippen molar-refractivity contribution in [2.24, 2.45) is 5.10 Å². The van der Waals surface area contributed by atoms with Gasteiger partial charge in [-0.2, -0.15) is 5.10 Å². The van der Waals surface area contributed by atoms with E-state index in [-0.39, 0.29) is 11.5 Å². The summed E-state index contributed by atoms with van der Waals surface area (Å²) in [5.41, 5.74) is 4.07. The minimum atomic E-state index is -0.455. The van der Waals surface area contributed by atoms with Gasteiger partial charge in [0.05, 0.1) is 16.8 Å². The SMILES string of the molecule is CC(=O)Nc1ccc(/C=N\NC(=O)c2cc(Cl)ccc2Cl)cc1. The molecule has 0 bridgehead atoms. The van der Waals surface area contributed by atoms with Gasteiger partial charge in [-0.25, -0.2) is 5.43 Å². The van der Waals surface area contributed by atoms with Gasteiger partial charge in [0.2, 0.25) is 5.91 Å². The summed E-state index contributed by atoms with van der Waals surface area (Å²) in [5, 5.41) is 7.23. The minimum absolute atomic E-state index is 0.142.